The van der Waals surface area contributed by atoms with E-state index >= 15 is 0 Å². The van der Waals surface area contributed by atoms with Gasteiger partial charge >= 0.3 is 5.63 Å². The standard InChI is InChI=1S/C8H14N2O2/c1-5(2)8(9)6-4-7(11)12-10(6)3/h4-5,8H,9H2,1-3H3. The first-order chi connectivity index (χ1) is 5.52. The zero-order valence-electron chi connectivity index (χ0n) is 7.57. The van der Waals surface area contributed by atoms with Crippen LogP contribution in [0.3, 0.4) is 0 Å². The highest BCUT2D eigenvalue weighted by Crippen LogP contribution is 2.16. The molecule has 4 nitrogen and oxygen atoms in total. The van der Waals surface area contributed by atoms with E-state index in [1.807, 2.05) is 13.8 Å². The predicted molar refractivity (Wildman–Crippen MR) is 45.7 cm³/mol. The predicted octanol–water partition coefficient (Wildman–Crippen LogP) is 0.634. The van der Waals surface area contributed by atoms with Crippen molar-refractivity contribution in [1.82, 2.24) is 4.74 Å². The largest absolute Gasteiger partial charge is 0.357 e. The van der Waals surface area contributed by atoms with Gasteiger partial charge in [-0.2, -0.15) is 0 Å². The van der Waals surface area contributed by atoms with E-state index in [1.54, 1.807) is 7.05 Å². The molecule has 0 aliphatic heterocycles. The normalized spacial score (nSPS) is 13.8. The number of nitrogens with two attached hydrogens (primary N) is 1. The van der Waals surface area contributed by atoms with E-state index in [0.717, 1.165) is 5.69 Å². The van der Waals surface area contributed by atoms with Gasteiger partial charge in [0.15, 0.2) is 0 Å². The van der Waals surface area contributed by atoms with E-state index in [2.05, 4.69) is 0 Å². The Balaban J connectivity index is 3.02. The van der Waals surface area contributed by atoms with Crippen LogP contribution >= 0.6 is 0 Å². The molecule has 0 saturated heterocycles. The summed E-state index contributed by atoms with van der Waals surface area (Å²) in [6, 6.07) is 1.30. The van der Waals surface area contributed by atoms with Gasteiger partial charge in [0.1, 0.15) is 0 Å². The summed E-state index contributed by atoms with van der Waals surface area (Å²) in [5.74, 6) is 0.299. The number of hydrogen-bond donors (Lipinski definition) is 1. The highest BCUT2D eigenvalue weighted by Gasteiger charge is 2.15. The third-order valence-electron chi connectivity index (χ3n) is 1.92. The van der Waals surface area contributed by atoms with E-state index in [-0.39, 0.29) is 11.7 Å². The van der Waals surface area contributed by atoms with Gasteiger partial charge < -0.3 is 10.3 Å². The van der Waals surface area contributed by atoms with Gasteiger partial charge in [-0.1, -0.05) is 13.8 Å². The monoisotopic (exact) mass is 170 g/mol. The van der Waals surface area contributed by atoms with Crippen molar-refractivity contribution < 1.29 is 4.52 Å². The van der Waals surface area contributed by atoms with Gasteiger partial charge in [-0.15, -0.1) is 0 Å². The fourth-order valence-electron chi connectivity index (χ4n) is 1.07. The summed E-state index contributed by atoms with van der Waals surface area (Å²) >= 11 is 0. The summed E-state index contributed by atoms with van der Waals surface area (Å²) in [7, 11) is 1.68. The summed E-state index contributed by atoms with van der Waals surface area (Å²) in [6.07, 6.45) is 0. The van der Waals surface area contributed by atoms with Crippen LogP contribution < -0.4 is 11.4 Å². The van der Waals surface area contributed by atoms with E-state index < -0.39 is 0 Å². The van der Waals surface area contributed by atoms with Crippen molar-refractivity contribution in [1.29, 1.82) is 0 Å². The minimum Gasteiger partial charge on any atom is -0.336 e. The Morgan fingerprint density at radius 2 is 2.17 bits per heavy atom. The molecule has 4 heteroatoms. The lowest BCUT2D eigenvalue weighted by molar-refractivity contribution is 0.266. The van der Waals surface area contributed by atoms with Gasteiger partial charge in [-0.3, -0.25) is 0 Å². The third-order valence-corrected chi connectivity index (χ3v) is 1.92. The van der Waals surface area contributed by atoms with Gasteiger partial charge in [0.25, 0.3) is 0 Å². The molecule has 1 unspecified atom stereocenters. The summed E-state index contributed by atoms with van der Waals surface area (Å²) < 4.78 is 6.19. The maximum atomic E-state index is 10.8. The van der Waals surface area contributed by atoms with Crippen LogP contribution in [0.2, 0.25) is 0 Å². The van der Waals surface area contributed by atoms with Crippen LogP contribution in [0.5, 0.6) is 0 Å². The first-order valence-electron chi connectivity index (χ1n) is 3.95. The molecule has 1 aromatic heterocycles. The van der Waals surface area contributed by atoms with Crippen molar-refractivity contribution in [2.24, 2.45) is 18.7 Å². The Morgan fingerprint density at radius 3 is 2.50 bits per heavy atom. The molecule has 0 fully saturated rings. The highest BCUT2D eigenvalue weighted by atomic mass is 16.5. The van der Waals surface area contributed by atoms with Crippen molar-refractivity contribution in [3.63, 3.8) is 0 Å². The Kier molecular flexibility index (Phi) is 2.38. The lowest BCUT2D eigenvalue weighted by atomic mass is 10.0. The SMILES string of the molecule is CC(C)C(N)c1cc(=O)on1C. The van der Waals surface area contributed by atoms with E-state index in [4.69, 9.17) is 10.3 Å². The Labute approximate surface area is 70.9 Å². The van der Waals surface area contributed by atoms with Gasteiger partial charge in [-0.25, -0.2) is 9.53 Å². The van der Waals surface area contributed by atoms with Gasteiger partial charge in [0.05, 0.1) is 11.7 Å². The molecule has 0 aromatic carbocycles. The fourth-order valence-corrected chi connectivity index (χ4v) is 1.07. The quantitative estimate of drug-likeness (QED) is 0.708. The number of rotatable bonds is 2. The molecule has 0 amide bonds. The van der Waals surface area contributed by atoms with Crippen molar-refractivity contribution in [2.45, 2.75) is 19.9 Å². The third kappa shape index (κ3) is 1.58. The van der Waals surface area contributed by atoms with Crippen molar-refractivity contribution in [3.05, 3.63) is 22.2 Å². The molecule has 2 N–H and O–H groups in total. The van der Waals surface area contributed by atoms with Crippen LogP contribution in [0.25, 0.3) is 0 Å². The van der Waals surface area contributed by atoms with E-state index in [9.17, 15) is 4.79 Å². The first kappa shape index (κ1) is 9.06. The minimum absolute atomic E-state index is 0.138. The smallest absolute Gasteiger partial charge is 0.336 e. The fraction of sp³-hybridized carbons (Fsp3) is 0.625. The number of hydrogen-bond acceptors (Lipinski definition) is 3. The molecule has 12 heavy (non-hydrogen) atoms. The second kappa shape index (κ2) is 3.15. The molecule has 1 heterocycles. The molecule has 68 valence electrons. The maximum Gasteiger partial charge on any atom is 0.357 e. The molecule has 0 radical (unpaired) electrons. The Hall–Kier alpha value is -1.03. The molecular formula is C8H14N2O2. The van der Waals surface area contributed by atoms with Crippen LogP contribution in [0.15, 0.2) is 15.4 Å². The van der Waals surface area contributed by atoms with Crippen LogP contribution in [0.1, 0.15) is 25.6 Å². The topological polar surface area (TPSA) is 61.2 Å². The van der Waals surface area contributed by atoms with Gasteiger partial charge in [-0.05, 0) is 5.92 Å². The minimum atomic E-state index is -0.344. The van der Waals surface area contributed by atoms with Crippen LogP contribution in [-0.2, 0) is 7.05 Å². The maximum absolute atomic E-state index is 10.8. The first-order valence-corrected chi connectivity index (χ1v) is 3.95. The van der Waals surface area contributed by atoms with Crippen molar-refractivity contribution in [3.8, 4) is 0 Å². The summed E-state index contributed by atoms with van der Waals surface area (Å²) in [5, 5.41) is 0. The molecule has 0 saturated carbocycles. The number of nitrogens with zero attached hydrogens (tertiary/aromatic N) is 1. The second-order valence-corrected chi connectivity index (χ2v) is 3.25. The van der Waals surface area contributed by atoms with Gasteiger partial charge in [0.2, 0.25) is 0 Å². The molecule has 1 atom stereocenters. The van der Waals surface area contributed by atoms with E-state index in [1.165, 1.54) is 10.8 Å². The number of aryl methyl sites for hydroxylation is 1. The summed E-state index contributed by atoms with van der Waals surface area (Å²) in [5.41, 5.74) is 6.23. The molecule has 1 rings (SSSR count). The molecule has 0 aliphatic carbocycles. The van der Waals surface area contributed by atoms with Crippen LogP contribution in [-0.4, -0.2) is 4.74 Å². The number of aromatic nitrogens is 1. The van der Waals surface area contributed by atoms with Crippen molar-refractivity contribution in [2.75, 3.05) is 0 Å². The molecule has 1 aromatic rings. The second-order valence-electron chi connectivity index (χ2n) is 3.25. The van der Waals surface area contributed by atoms with E-state index in [0.29, 0.717) is 5.92 Å². The Bertz CT molecular complexity index is 311. The van der Waals surface area contributed by atoms with Crippen molar-refractivity contribution >= 4 is 0 Å². The Morgan fingerprint density at radius 1 is 1.58 bits per heavy atom. The molecular weight excluding hydrogens is 156 g/mol. The zero-order chi connectivity index (χ0) is 9.30. The van der Waals surface area contributed by atoms with Gasteiger partial charge in [0, 0.05) is 13.1 Å². The average Bonchev–Trinajstić information content (AvgIpc) is 2.28. The summed E-state index contributed by atoms with van der Waals surface area (Å²) in [6.45, 7) is 4.00. The van der Waals surface area contributed by atoms with Crippen LogP contribution in [0.4, 0.5) is 0 Å². The van der Waals surface area contributed by atoms with Crippen LogP contribution in [0, 0.1) is 5.92 Å². The zero-order valence-corrected chi connectivity index (χ0v) is 7.57. The summed E-state index contributed by atoms with van der Waals surface area (Å²) in [4.78, 5) is 10.8. The lowest BCUT2D eigenvalue weighted by Crippen LogP contribution is -2.19. The molecule has 0 spiro atoms. The average molecular weight is 170 g/mol. The highest BCUT2D eigenvalue weighted by molar-refractivity contribution is 5.04. The molecule has 0 aliphatic rings. The molecule has 0 bridgehead atoms. The lowest BCUT2D eigenvalue weighted by Gasteiger charge is -2.14.